The molecule has 0 aliphatic carbocycles. The molecule has 3 N–H and O–H groups in total. The van der Waals surface area contributed by atoms with Crippen LogP contribution in [0.5, 0.6) is 0 Å². The average Bonchev–Trinajstić information content (AvgIpc) is 2.82. The van der Waals surface area contributed by atoms with Crippen LogP contribution in [-0.4, -0.2) is 22.2 Å². The fourth-order valence-electron chi connectivity index (χ4n) is 2.88. The Morgan fingerprint density at radius 1 is 1.23 bits per heavy atom. The molecule has 1 heterocycles. The van der Waals surface area contributed by atoms with Crippen molar-refractivity contribution < 1.29 is 9.90 Å². The smallest absolute Gasteiger partial charge is 0.337 e. The fourth-order valence-corrected chi connectivity index (χ4v) is 2.88. The van der Waals surface area contributed by atoms with Gasteiger partial charge in [0.2, 0.25) is 0 Å². The normalized spacial score (nSPS) is 11.8. The number of fused-ring (bicyclic) bond motifs is 1. The maximum absolute atomic E-state index is 11.8. The van der Waals surface area contributed by atoms with E-state index in [1.807, 2.05) is 6.07 Å². The van der Waals surface area contributed by atoms with Gasteiger partial charge in [-0.15, -0.1) is 0 Å². The SMILES string of the molecule is CC(C)c1cc(C(=O)O)c2c(c1)c(C(C)C)cn2CCCN. The quantitative estimate of drug-likeness (QED) is 0.849. The van der Waals surface area contributed by atoms with E-state index in [0.29, 0.717) is 23.9 Å². The lowest BCUT2D eigenvalue weighted by molar-refractivity contribution is 0.0698. The molecule has 0 atom stereocenters. The summed E-state index contributed by atoms with van der Waals surface area (Å²) < 4.78 is 2.06. The van der Waals surface area contributed by atoms with Gasteiger partial charge in [-0.25, -0.2) is 4.79 Å². The first-order valence-electron chi connectivity index (χ1n) is 7.96. The molecule has 2 aromatic rings. The predicted octanol–water partition coefficient (Wildman–Crippen LogP) is 3.94. The van der Waals surface area contributed by atoms with Crippen LogP contribution in [0.15, 0.2) is 18.3 Å². The number of benzene rings is 1. The van der Waals surface area contributed by atoms with E-state index in [-0.39, 0.29) is 0 Å². The highest BCUT2D eigenvalue weighted by molar-refractivity contribution is 6.04. The molecule has 4 nitrogen and oxygen atoms in total. The van der Waals surface area contributed by atoms with E-state index in [9.17, 15) is 9.90 Å². The van der Waals surface area contributed by atoms with Crippen molar-refractivity contribution >= 4 is 16.9 Å². The molecule has 0 spiro atoms. The largest absolute Gasteiger partial charge is 0.478 e. The summed E-state index contributed by atoms with van der Waals surface area (Å²) in [5.41, 5.74) is 9.12. The van der Waals surface area contributed by atoms with Crippen LogP contribution in [0, 0.1) is 0 Å². The number of aromatic nitrogens is 1. The highest BCUT2D eigenvalue weighted by Gasteiger charge is 2.20. The van der Waals surface area contributed by atoms with Gasteiger partial charge in [0.15, 0.2) is 0 Å². The molecular weight excluding hydrogens is 276 g/mol. The van der Waals surface area contributed by atoms with Crippen molar-refractivity contribution in [1.82, 2.24) is 4.57 Å². The summed E-state index contributed by atoms with van der Waals surface area (Å²) in [6.45, 7) is 9.82. The third-order valence-corrected chi connectivity index (χ3v) is 4.15. The third kappa shape index (κ3) is 3.02. The zero-order chi connectivity index (χ0) is 16.4. The molecule has 0 unspecified atom stereocenters. The van der Waals surface area contributed by atoms with Crippen LogP contribution in [0.25, 0.3) is 10.9 Å². The van der Waals surface area contributed by atoms with Crippen molar-refractivity contribution in [2.75, 3.05) is 6.54 Å². The van der Waals surface area contributed by atoms with Crippen LogP contribution in [-0.2, 0) is 6.54 Å². The van der Waals surface area contributed by atoms with E-state index in [0.717, 1.165) is 29.4 Å². The van der Waals surface area contributed by atoms with E-state index in [1.165, 1.54) is 5.56 Å². The summed E-state index contributed by atoms with van der Waals surface area (Å²) >= 11 is 0. The second kappa shape index (κ2) is 6.53. The lowest BCUT2D eigenvalue weighted by Crippen LogP contribution is -2.08. The summed E-state index contributed by atoms with van der Waals surface area (Å²) in [5.74, 6) is -0.213. The van der Waals surface area contributed by atoms with Crippen LogP contribution < -0.4 is 5.73 Å². The predicted molar refractivity (Wildman–Crippen MR) is 90.7 cm³/mol. The first-order chi connectivity index (χ1) is 10.4. The number of nitrogens with zero attached hydrogens (tertiary/aromatic N) is 1. The maximum atomic E-state index is 11.8. The van der Waals surface area contributed by atoms with Crippen molar-refractivity contribution in [3.8, 4) is 0 Å². The Morgan fingerprint density at radius 2 is 1.91 bits per heavy atom. The molecule has 22 heavy (non-hydrogen) atoms. The Bertz CT molecular complexity index is 684. The van der Waals surface area contributed by atoms with E-state index >= 15 is 0 Å². The van der Waals surface area contributed by atoms with Gasteiger partial charge in [0.25, 0.3) is 0 Å². The van der Waals surface area contributed by atoms with Crippen molar-refractivity contribution in [3.63, 3.8) is 0 Å². The molecule has 4 heteroatoms. The number of carboxylic acid groups (broad SMARTS) is 1. The zero-order valence-electron chi connectivity index (χ0n) is 13.9. The first kappa shape index (κ1) is 16.6. The molecule has 0 aliphatic rings. The molecule has 0 saturated carbocycles. The summed E-state index contributed by atoms with van der Waals surface area (Å²) in [6.07, 6.45) is 2.94. The summed E-state index contributed by atoms with van der Waals surface area (Å²) in [5, 5.41) is 10.7. The topological polar surface area (TPSA) is 68.2 Å². The summed E-state index contributed by atoms with van der Waals surface area (Å²) in [4.78, 5) is 11.8. The van der Waals surface area contributed by atoms with Crippen LogP contribution in [0.2, 0.25) is 0 Å². The molecule has 1 aromatic carbocycles. The molecule has 0 saturated heterocycles. The maximum Gasteiger partial charge on any atom is 0.337 e. The minimum Gasteiger partial charge on any atom is -0.478 e. The molecule has 0 fully saturated rings. The zero-order valence-corrected chi connectivity index (χ0v) is 13.9. The van der Waals surface area contributed by atoms with Gasteiger partial charge in [-0.3, -0.25) is 0 Å². The van der Waals surface area contributed by atoms with Crippen molar-refractivity contribution in [1.29, 1.82) is 0 Å². The molecular formula is C18H26N2O2. The second-order valence-electron chi connectivity index (χ2n) is 6.50. The van der Waals surface area contributed by atoms with Crippen LogP contribution in [0.4, 0.5) is 0 Å². The Labute approximate surface area is 131 Å². The Morgan fingerprint density at radius 3 is 2.41 bits per heavy atom. The first-order valence-corrected chi connectivity index (χ1v) is 7.96. The second-order valence-corrected chi connectivity index (χ2v) is 6.50. The van der Waals surface area contributed by atoms with Gasteiger partial charge in [-0.2, -0.15) is 0 Å². The minimum absolute atomic E-state index is 0.301. The van der Waals surface area contributed by atoms with Gasteiger partial charge >= 0.3 is 5.97 Å². The van der Waals surface area contributed by atoms with Crippen LogP contribution >= 0.6 is 0 Å². The van der Waals surface area contributed by atoms with Crippen molar-refractivity contribution in [3.05, 3.63) is 35.0 Å². The molecule has 120 valence electrons. The van der Waals surface area contributed by atoms with Crippen LogP contribution in [0.1, 0.15) is 67.4 Å². The van der Waals surface area contributed by atoms with Gasteiger partial charge < -0.3 is 15.4 Å². The molecule has 0 bridgehead atoms. The number of hydrogen-bond acceptors (Lipinski definition) is 2. The number of nitrogens with two attached hydrogens (primary N) is 1. The number of carboxylic acids is 1. The lowest BCUT2D eigenvalue weighted by Gasteiger charge is -2.12. The van der Waals surface area contributed by atoms with Gasteiger partial charge in [0.1, 0.15) is 0 Å². The molecule has 1 aromatic heterocycles. The monoisotopic (exact) mass is 302 g/mol. The van der Waals surface area contributed by atoms with Crippen molar-refractivity contribution in [2.24, 2.45) is 5.73 Å². The Hall–Kier alpha value is -1.81. The number of aryl methyl sites for hydroxylation is 1. The molecule has 0 aliphatic heterocycles. The number of aromatic carboxylic acids is 1. The Kier molecular flexibility index (Phi) is 4.91. The average molecular weight is 302 g/mol. The van der Waals surface area contributed by atoms with E-state index in [1.54, 1.807) is 0 Å². The van der Waals surface area contributed by atoms with Crippen molar-refractivity contribution in [2.45, 2.75) is 52.5 Å². The lowest BCUT2D eigenvalue weighted by atomic mass is 9.94. The number of carbonyl (C=O) groups is 1. The molecule has 2 rings (SSSR count). The van der Waals surface area contributed by atoms with Crippen LogP contribution in [0.3, 0.4) is 0 Å². The van der Waals surface area contributed by atoms with Gasteiger partial charge in [-0.1, -0.05) is 27.7 Å². The van der Waals surface area contributed by atoms with Gasteiger partial charge in [-0.05, 0) is 48.1 Å². The van der Waals surface area contributed by atoms with E-state index in [4.69, 9.17) is 5.73 Å². The van der Waals surface area contributed by atoms with E-state index < -0.39 is 5.97 Å². The molecule has 0 radical (unpaired) electrons. The number of rotatable bonds is 6. The minimum atomic E-state index is -0.866. The standard InChI is InChI=1S/C18H26N2O2/c1-11(2)13-8-14-16(12(3)4)10-20(7-5-6-19)17(14)15(9-13)18(21)22/h8-12H,5-7,19H2,1-4H3,(H,21,22). The highest BCUT2D eigenvalue weighted by atomic mass is 16.4. The fraction of sp³-hybridized carbons (Fsp3) is 0.500. The van der Waals surface area contributed by atoms with Gasteiger partial charge in [0.05, 0.1) is 11.1 Å². The summed E-state index contributed by atoms with van der Waals surface area (Å²) in [7, 11) is 0. The number of hydrogen-bond donors (Lipinski definition) is 2. The highest BCUT2D eigenvalue weighted by Crippen LogP contribution is 2.33. The molecule has 0 amide bonds. The van der Waals surface area contributed by atoms with E-state index in [2.05, 4.69) is 44.5 Å². The summed E-state index contributed by atoms with van der Waals surface area (Å²) in [6, 6.07) is 3.97. The Balaban J connectivity index is 2.79. The van der Waals surface area contributed by atoms with Gasteiger partial charge in [0, 0.05) is 18.1 Å². The third-order valence-electron chi connectivity index (χ3n) is 4.15.